The van der Waals surface area contributed by atoms with Crippen molar-refractivity contribution >= 4 is 34.1 Å². The number of nitrogens with one attached hydrogen (secondary N) is 1. The molecule has 0 aliphatic rings. The molecular weight excluding hydrogens is 286 g/mol. The van der Waals surface area contributed by atoms with Gasteiger partial charge in [-0.1, -0.05) is 23.7 Å². The number of benzene rings is 1. The molecule has 0 bridgehead atoms. The zero-order chi connectivity index (χ0) is 14.8. The SMILES string of the molecule is Cc1cc(NC(=O)c2cccc3ncccc23)cnc1Cl. The second-order valence-corrected chi connectivity index (χ2v) is 5.02. The van der Waals surface area contributed by atoms with Crippen LogP contribution in [0.5, 0.6) is 0 Å². The standard InChI is InChI=1S/C16H12ClN3O/c1-10-8-11(9-19-15(10)17)20-16(21)13-4-2-6-14-12(13)5-3-7-18-14/h2-9H,1H3,(H,20,21). The summed E-state index contributed by atoms with van der Waals surface area (Å²) in [4.78, 5) is 20.7. The van der Waals surface area contributed by atoms with E-state index < -0.39 is 0 Å². The molecule has 1 aromatic carbocycles. The lowest BCUT2D eigenvalue weighted by Crippen LogP contribution is -2.12. The van der Waals surface area contributed by atoms with Gasteiger partial charge in [0.05, 0.1) is 17.4 Å². The van der Waals surface area contributed by atoms with Gasteiger partial charge < -0.3 is 5.32 Å². The van der Waals surface area contributed by atoms with Gasteiger partial charge >= 0.3 is 0 Å². The Morgan fingerprint density at radius 1 is 1.19 bits per heavy atom. The molecular formula is C16H12ClN3O. The number of halogens is 1. The van der Waals surface area contributed by atoms with Crippen molar-refractivity contribution in [2.45, 2.75) is 6.92 Å². The highest BCUT2D eigenvalue weighted by Crippen LogP contribution is 2.20. The van der Waals surface area contributed by atoms with E-state index in [-0.39, 0.29) is 5.91 Å². The zero-order valence-electron chi connectivity index (χ0n) is 11.3. The molecule has 0 aliphatic heterocycles. The van der Waals surface area contributed by atoms with E-state index in [1.807, 2.05) is 31.2 Å². The number of fused-ring (bicyclic) bond motifs is 1. The maximum absolute atomic E-state index is 12.4. The smallest absolute Gasteiger partial charge is 0.256 e. The minimum atomic E-state index is -0.197. The molecule has 0 saturated carbocycles. The third-order valence-electron chi connectivity index (χ3n) is 3.16. The summed E-state index contributed by atoms with van der Waals surface area (Å²) in [5.41, 5.74) is 2.79. The average molecular weight is 298 g/mol. The third kappa shape index (κ3) is 2.71. The van der Waals surface area contributed by atoms with Crippen LogP contribution in [0.25, 0.3) is 10.9 Å². The molecule has 0 saturated heterocycles. The maximum Gasteiger partial charge on any atom is 0.256 e. The Kier molecular flexibility index (Phi) is 3.54. The van der Waals surface area contributed by atoms with Crippen molar-refractivity contribution in [1.29, 1.82) is 0 Å². The van der Waals surface area contributed by atoms with Gasteiger partial charge in [0.15, 0.2) is 0 Å². The summed E-state index contributed by atoms with van der Waals surface area (Å²) < 4.78 is 0. The molecule has 104 valence electrons. The number of amides is 1. The van der Waals surface area contributed by atoms with Gasteiger partial charge in [-0.2, -0.15) is 0 Å². The lowest BCUT2D eigenvalue weighted by molar-refractivity contribution is 0.102. The highest BCUT2D eigenvalue weighted by atomic mass is 35.5. The number of hydrogen-bond acceptors (Lipinski definition) is 3. The Hall–Kier alpha value is -2.46. The van der Waals surface area contributed by atoms with Crippen LogP contribution in [0.3, 0.4) is 0 Å². The van der Waals surface area contributed by atoms with Gasteiger partial charge in [0.2, 0.25) is 0 Å². The molecule has 1 amide bonds. The van der Waals surface area contributed by atoms with Crippen molar-refractivity contribution in [3.63, 3.8) is 0 Å². The Labute approximate surface area is 126 Å². The number of carbonyl (C=O) groups is 1. The van der Waals surface area contributed by atoms with Gasteiger partial charge in [0, 0.05) is 17.1 Å². The first kappa shape index (κ1) is 13.5. The minimum absolute atomic E-state index is 0.197. The molecule has 3 rings (SSSR count). The van der Waals surface area contributed by atoms with Gasteiger partial charge in [-0.3, -0.25) is 9.78 Å². The highest BCUT2D eigenvalue weighted by molar-refractivity contribution is 6.30. The molecule has 21 heavy (non-hydrogen) atoms. The quantitative estimate of drug-likeness (QED) is 0.731. The monoisotopic (exact) mass is 297 g/mol. The predicted octanol–water partition coefficient (Wildman–Crippen LogP) is 3.84. The summed E-state index contributed by atoms with van der Waals surface area (Å²) in [6.07, 6.45) is 3.24. The third-order valence-corrected chi connectivity index (χ3v) is 3.56. The van der Waals surface area contributed by atoms with Crippen molar-refractivity contribution in [3.8, 4) is 0 Å². The fourth-order valence-electron chi connectivity index (χ4n) is 2.13. The van der Waals surface area contributed by atoms with Crippen LogP contribution < -0.4 is 5.32 Å². The number of aryl methyl sites for hydroxylation is 1. The van der Waals surface area contributed by atoms with Crippen molar-refractivity contribution in [2.24, 2.45) is 0 Å². The molecule has 0 aliphatic carbocycles. The second-order valence-electron chi connectivity index (χ2n) is 4.66. The summed E-state index contributed by atoms with van der Waals surface area (Å²) in [5, 5.41) is 4.08. The van der Waals surface area contributed by atoms with Crippen LogP contribution in [0.2, 0.25) is 5.15 Å². The van der Waals surface area contributed by atoms with Crippen molar-refractivity contribution in [1.82, 2.24) is 9.97 Å². The first-order chi connectivity index (χ1) is 10.1. The van der Waals surface area contributed by atoms with Crippen molar-refractivity contribution in [2.75, 3.05) is 5.32 Å². The molecule has 2 heterocycles. The topological polar surface area (TPSA) is 54.9 Å². The average Bonchev–Trinajstić information content (AvgIpc) is 2.50. The lowest BCUT2D eigenvalue weighted by atomic mass is 10.1. The maximum atomic E-state index is 12.4. The van der Waals surface area contributed by atoms with E-state index >= 15 is 0 Å². The molecule has 0 unspecified atom stereocenters. The first-order valence-corrected chi connectivity index (χ1v) is 6.80. The van der Waals surface area contributed by atoms with Crippen molar-refractivity contribution in [3.05, 3.63) is 65.1 Å². The van der Waals surface area contributed by atoms with Crippen LogP contribution in [0.15, 0.2) is 48.8 Å². The lowest BCUT2D eigenvalue weighted by Gasteiger charge is -2.08. The van der Waals surface area contributed by atoms with Gasteiger partial charge in [-0.15, -0.1) is 0 Å². The van der Waals surface area contributed by atoms with Gasteiger partial charge in [0.25, 0.3) is 5.91 Å². The molecule has 4 nitrogen and oxygen atoms in total. The first-order valence-electron chi connectivity index (χ1n) is 6.42. The van der Waals surface area contributed by atoms with Gasteiger partial charge in [0.1, 0.15) is 5.15 Å². The molecule has 0 atom stereocenters. The zero-order valence-corrected chi connectivity index (χ0v) is 12.1. The molecule has 5 heteroatoms. The summed E-state index contributed by atoms with van der Waals surface area (Å²) in [7, 11) is 0. The number of carbonyl (C=O) groups excluding carboxylic acids is 1. The summed E-state index contributed by atoms with van der Waals surface area (Å²) in [6, 6.07) is 10.9. The largest absolute Gasteiger partial charge is 0.321 e. The minimum Gasteiger partial charge on any atom is -0.321 e. The fourth-order valence-corrected chi connectivity index (χ4v) is 2.23. The van der Waals surface area contributed by atoms with Crippen LogP contribution in [-0.2, 0) is 0 Å². The number of pyridine rings is 2. The van der Waals surface area contributed by atoms with E-state index in [0.29, 0.717) is 16.4 Å². The molecule has 2 aromatic heterocycles. The number of anilines is 1. The van der Waals surface area contributed by atoms with Crippen molar-refractivity contribution < 1.29 is 4.79 Å². The van der Waals surface area contributed by atoms with E-state index in [4.69, 9.17) is 11.6 Å². The van der Waals surface area contributed by atoms with E-state index in [9.17, 15) is 4.79 Å². The van der Waals surface area contributed by atoms with E-state index in [1.54, 1.807) is 18.3 Å². The Morgan fingerprint density at radius 2 is 2.05 bits per heavy atom. The summed E-state index contributed by atoms with van der Waals surface area (Å²) >= 11 is 5.88. The highest BCUT2D eigenvalue weighted by Gasteiger charge is 2.11. The van der Waals surface area contributed by atoms with E-state index in [2.05, 4.69) is 15.3 Å². The molecule has 0 spiro atoms. The van der Waals surface area contributed by atoms with Crippen LogP contribution in [0.1, 0.15) is 15.9 Å². The van der Waals surface area contributed by atoms with Crippen LogP contribution in [-0.4, -0.2) is 15.9 Å². The fraction of sp³-hybridized carbons (Fsp3) is 0.0625. The number of hydrogen-bond donors (Lipinski definition) is 1. The number of nitrogens with zero attached hydrogens (tertiary/aromatic N) is 2. The van der Waals surface area contributed by atoms with Crippen LogP contribution in [0.4, 0.5) is 5.69 Å². The molecule has 3 aromatic rings. The van der Waals surface area contributed by atoms with Gasteiger partial charge in [-0.05, 0) is 36.8 Å². The van der Waals surface area contributed by atoms with E-state index in [1.165, 1.54) is 6.20 Å². The molecule has 0 radical (unpaired) electrons. The number of aromatic nitrogens is 2. The normalized spacial score (nSPS) is 10.6. The Bertz CT molecular complexity index is 827. The predicted molar refractivity (Wildman–Crippen MR) is 83.7 cm³/mol. The second kappa shape index (κ2) is 5.50. The van der Waals surface area contributed by atoms with Crippen LogP contribution >= 0.6 is 11.6 Å². The summed E-state index contributed by atoms with van der Waals surface area (Å²) in [6.45, 7) is 1.84. The summed E-state index contributed by atoms with van der Waals surface area (Å²) in [5.74, 6) is -0.197. The molecule has 1 N–H and O–H groups in total. The molecule has 0 fully saturated rings. The Morgan fingerprint density at radius 3 is 2.86 bits per heavy atom. The number of rotatable bonds is 2. The van der Waals surface area contributed by atoms with E-state index in [0.717, 1.165) is 16.5 Å². The Balaban J connectivity index is 1.95. The van der Waals surface area contributed by atoms with Crippen LogP contribution in [0, 0.1) is 6.92 Å². The van der Waals surface area contributed by atoms with Gasteiger partial charge in [-0.25, -0.2) is 4.98 Å².